The maximum atomic E-state index is 13.8. The molecule has 2 atom stereocenters. The third-order valence-corrected chi connectivity index (χ3v) is 8.44. The van der Waals surface area contributed by atoms with Gasteiger partial charge in [0, 0.05) is 47.5 Å². The van der Waals surface area contributed by atoms with Crippen LogP contribution in [0.4, 0.5) is 10.1 Å². The lowest BCUT2D eigenvalue weighted by molar-refractivity contribution is -0.119. The Labute approximate surface area is 238 Å². The maximum absolute atomic E-state index is 13.8. The zero-order valence-electron chi connectivity index (χ0n) is 22.1. The third-order valence-electron chi connectivity index (χ3n) is 7.31. The Bertz CT molecular complexity index is 1440. The SMILES string of the molecule is C[C@@H](CC(=O)N(Cc1nccn1C)c1ccc2c(c1)C(NSc1cccc(Cl)c1)CCC2)c1ccc(F)cc1. The Kier molecular flexibility index (Phi) is 8.70. The summed E-state index contributed by atoms with van der Waals surface area (Å²) in [4.78, 5) is 21.2. The zero-order chi connectivity index (χ0) is 27.4. The molecule has 8 heteroatoms. The van der Waals surface area contributed by atoms with E-state index < -0.39 is 0 Å². The largest absolute Gasteiger partial charge is 0.337 e. The Morgan fingerprint density at radius 1 is 1.21 bits per heavy atom. The van der Waals surface area contributed by atoms with Crippen molar-refractivity contribution < 1.29 is 9.18 Å². The highest BCUT2D eigenvalue weighted by atomic mass is 35.5. The number of aromatic nitrogens is 2. The molecule has 1 aliphatic rings. The first-order valence-electron chi connectivity index (χ1n) is 13.2. The van der Waals surface area contributed by atoms with Crippen molar-refractivity contribution in [2.24, 2.45) is 7.05 Å². The van der Waals surface area contributed by atoms with Crippen LogP contribution >= 0.6 is 23.5 Å². The number of hydrogen-bond acceptors (Lipinski definition) is 4. The Morgan fingerprint density at radius 2 is 2.03 bits per heavy atom. The van der Waals surface area contributed by atoms with Crippen LogP contribution in [0.1, 0.15) is 60.7 Å². The molecule has 1 aliphatic carbocycles. The molecule has 0 saturated heterocycles. The highest BCUT2D eigenvalue weighted by molar-refractivity contribution is 7.97. The van der Waals surface area contributed by atoms with Crippen molar-refractivity contribution >= 4 is 35.1 Å². The molecule has 0 radical (unpaired) electrons. The fourth-order valence-electron chi connectivity index (χ4n) is 5.04. The molecule has 0 bridgehead atoms. The quantitative estimate of drug-likeness (QED) is 0.213. The van der Waals surface area contributed by atoms with Crippen LogP contribution in [0.3, 0.4) is 0 Å². The second-order valence-corrected chi connectivity index (χ2v) is 11.4. The molecule has 0 spiro atoms. The van der Waals surface area contributed by atoms with Crippen LogP contribution in [0, 0.1) is 5.82 Å². The molecule has 5 nitrogen and oxygen atoms in total. The summed E-state index contributed by atoms with van der Waals surface area (Å²) < 4.78 is 19.0. The minimum absolute atomic E-state index is 0.00314. The Balaban J connectivity index is 1.41. The third kappa shape index (κ3) is 6.72. The van der Waals surface area contributed by atoms with Gasteiger partial charge in [0.1, 0.15) is 11.6 Å². The van der Waals surface area contributed by atoms with Gasteiger partial charge in [0.2, 0.25) is 5.91 Å². The van der Waals surface area contributed by atoms with E-state index in [1.54, 1.807) is 30.3 Å². The van der Waals surface area contributed by atoms with Gasteiger partial charge in [0.25, 0.3) is 0 Å². The van der Waals surface area contributed by atoms with E-state index in [-0.39, 0.29) is 23.7 Å². The highest BCUT2D eigenvalue weighted by Gasteiger charge is 2.25. The first kappa shape index (κ1) is 27.4. The second kappa shape index (κ2) is 12.4. The molecule has 39 heavy (non-hydrogen) atoms. The van der Waals surface area contributed by atoms with Gasteiger partial charge in [-0.1, -0.05) is 42.8 Å². The summed E-state index contributed by atoms with van der Waals surface area (Å²) in [6.45, 7) is 2.37. The van der Waals surface area contributed by atoms with Gasteiger partial charge in [-0.05, 0) is 96.3 Å². The summed E-state index contributed by atoms with van der Waals surface area (Å²) in [6, 6.07) is 20.7. The first-order valence-corrected chi connectivity index (χ1v) is 14.4. The number of rotatable bonds is 9. The fourth-order valence-corrected chi connectivity index (χ4v) is 6.15. The van der Waals surface area contributed by atoms with Gasteiger partial charge in [0.05, 0.1) is 6.54 Å². The molecule has 1 aromatic heterocycles. The molecule has 0 fully saturated rings. The number of amides is 1. The number of nitrogens with zero attached hydrogens (tertiary/aromatic N) is 3. The van der Waals surface area contributed by atoms with Gasteiger partial charge >= 0.3 is 0 Å². The number of imidazole rings is 1. The summed E-state index contributed by atoms with van der Waals surface area (Å²) in [6.07, 6.45) is 7.08. The van der Waals surface area contributed by atoms with E-state index in [1.165, 1.54) is 23.3 Å². The van der Waals surface area contributed by atoms with Gasteiger partial charge in [0.15, 0.2) is 0 Å². The zero-order valence-corrected chi connectivity index (χ0v) is 23.7. The van der Waals surface area contributed by atoms with Crippen LogP contribution in [0.25, 0.3) is 0 Å². The standard InChI is InChI=1S/C31H32ClFN4OS/c1-21(22-9-12-25(33)13-10-22)17-31(38)37(20-30-34-15-16-36(30)2)26-14-11-23-5-3-8-29(28(23)19-26)35-39-27-7-4-6-24(32)18-27/h4,6-7,9-16,18-19,21,29,35H,3,5,8,17,20H2,1-2H3/t21-,29?/m0/s1. The molecule has 5 rings (SSSR count). The predicted octanol–water partition coefficient (Wildman–Crippen LogP) is 7.61. The summed E-state index contributed by atoms with van der Waals surface area (Å²) >= 11 is 7.76. The van der Waals surface area contributed by atoms with E-state index in [4.69, 9.17) is 11.6 Å². The molecule has 0 aliphatic heterocycles. The molecule has 0 saturated carbocycles. The molecule has 1 N–H and O–H groups in total. The highest BCUT2D eigenvalue weighted by Crippen LogP contribution is 2.36. The molecule has 1 heterocycles. The number of anilines is 1. The number of benzene rings is 3. The van der Waals surface area contributed by atoms with Gasteiger partial charge in [-0.2, -0.15) is 0 Å². The molecular formula is C31H32ClFN4OS. The van der Waals surface area contributed by atoms with Crippen LogP contribution in [0.15, 0.2) is 84.0 Å². The smallest absolute Gasteiger partial charge is 0.228 e. The molecule has 3 aromatic carbocycles. The lowest BCUT2D eigenvalue weighted by Crippen LogP contribution is -2.33. The van der Waals surface area contributed by atoms with Crippen molar-refractivity contribution in [1.82, 2.24) is 14.3 Å². The van der Waals surface area contributed by atoms with Crippen molar-refractivity contribution in [1.29, 1.82) is 0 Å². The van der Waals surface area contributed by atoms with Gasteiger partial charge in [-0.3, -0.25) is 9.52 Å². The van der Waals surface area contributed by atoms with Crippen molar-refractivity contribution in [3.05, 3.63) is 112 Å². The topological polar surface area (TPSA) is 50.2 Å². The van der Waals surface area contributed by atoms with Crippen LogP contribution < -0.4 is 9.62 Å². The van der Waals surface area contributed by atoms with E-state index in [0.717, 1.165) is 41.2 Å². The van der Waals surface area contributed by atoms with Crippen LogP contribution in [-0.4, -0.2) is 15.5 Å². The lowest BCUT2D eigenvalue weighted by atomic mass is 9.87. The predicted molar refractivity (Wildman–Crippen MR) is 156 cm³/mol. The molecular weight excluding hydrogens is 531 g/mol. The molecule has 1 amide bonds. The number of aryl methyl sites for hydroxylation is 2. The van der Waals surface area contributed by atoms with Crippen molar-refractivity contribution in [3.63, 3.8) is 0 Å². The molecule has 1 unspecified atom stereocenters. The monoisotopic (exact) mass is 562 g/mol. The molecule has 4 aromatic rings. The van der Waals surface area contributed by atoms with E-state index in [9.17, 15) is 9.18 Å². The lowest BCUT2D eigenvalue weighted by Gasteiger charge is -2.30. The molecule has 202 valence electrons. The average molecular weight is 563 g/mol. The number of carbonyl (C=O) groups excluding carboxylic acids is 1. The van der Waals surface area contributed by atoms with Crippen molar-refractivity contribution in [3.8, 4) is 0 Å². The fraction of sp³-hybridized carbons (Fsp3) is 0.290. The maximum Gasteiger partial charge on any atom is 0.228 e. The van der Waals surface area contributed by atoms with E-state index in [0.29, 0.717) is 18.0 Å². The number of hydrogen-bond donors (Lipinski definition) is 1. The Morgan fingerprint density at radius 3 is 2.77 bits per heavy atom. The van der Waals surface area contributed by atoms with Crippen LogP contribution in [-0.2, 0) is 24.8 Å². The first-order chi connectivity index (χ1) is 18.9. The Hall–Kier alpha value is -3.13. The summed E-state index contributed by atoms with van der Waals surface area (Å²) in [5, 5.41) is 0.714. The number of carbonyl (C=O) groups is 1. The summed E-state index contributed by atoms with van der Waals surface area (Å²) in [5.74, 6) is 0.479. The van der Waals surface area contributed by atoms with Gasteiger partial charge in [-0.25, -0.2) is 9.37 Å². The van der Waals surface area contributed by atoms with Crippen LogP contribution in [0.5, 0.6) is 0 Å². The van der Waals surface area contributed by atoms with Crippen molar-refractivity contribution in [2.45, 2.75) is 56.0 Å². The van der Waals surface area contributed by atoms with E-state index in [2.05, 4.69) is 27.9 Å². The normalized spacial score (nSPS) is 15.5. The van der Waals surface area contributed by atoms with Gasteiger partial charge < -0.3 is 9.47 Å². The average Bonchev–Trinajstić information content (AvgIpc) is 3.34. The summed E-state index contributed by atoms with van der Waals surface area (Å²) in [7, 11) is 1.94. The van der Waals surface area contributed by atoms with Gasteiger partial charge in [-0.15, -0.1) is 0 Å². The summed E-state index contributed by atoms with van der Waals surface area (Å²) in [5.41, 5.74) is 4.32. The van der Waals surface area contributed by atoms with Crippen LogP contribution in [0.2, 0.25) is 5.02 Å². The van der Waals surface area contributed by atoms with Crippen molar-refractivity contribution in [2.75, 3.05) is 4.90 Å². The number of halogens is 2. The second-order valence-electron chi connectivity index (χ2n) is 10.1. The minimum Gasteiger partial charge on any atom is -0.337 e. The van der Waals surface area contributed by atoms with E-state index in [1.807, 2.05) is 53.9 Å². The minimum atomic E-state index is -0.278. The van der Waals surface area contributed by atoms with E-state index >= 15 is 0 Å². The number of fused-ring (bicyclic) bond motifs is 1. The number of nitrogens with one attached hydrogen (secondary N) is 1.